The van der Waals surface area contributed by atoms with Gasteiger partial charge in [0.1, 0.15) is 17.2 Å². The summed E-state index contributed by atoms with van der Waals surface area (Å²) in [6, 6.07) is -1.62. The molecule has 2 heterocycles. The quantitative estimate of drug-likeness (QED) is 0.551. The molecule has 0 aromatic heterocycles. The molecule has 0 radical (unpaired) electrons. The average molecular weight is 446 g/mol. The first-order valence-corrected chi connectivity index (χ1v) is 9.71. The summed E-state index contributed by atoms with van der Waals surface area (Å²) in [6.07, 6.45) is -5.41. The van der Waals surface area contributed by atoms with E-state index >= 15 is 0 Å². The summed E-state index contributed by atoms with van der Waals surface area (Å²) in [7, 11) is 0. The van der Waals surface area contributed by atoms with Gasteiger partial charge >= 0.3 is 6.18 Å². The Labute approximate surface area is 174 Å². The molecule has 1 aromatic carbocycles. The molecular weight excluding hydrogens is 425 g/mol. The maximum absolute atomic E-state index is 13.9. The van der Waals surface area contributed by atoms with Crippen LogP contribution in [0.4, 0.5) is 22.0 Å². The predicted octanol–water partition coefficient (Wildman–Crippen LogP) is 3.22. The summed E-state index contributed by atoms with van der Waals surface area (Å²) in [5, 5.41) is 4.72. The monoisotopic (exact) mass is 446 g/mol. The lowest BCUT2D eigenvalue weighted by molar-refractivity contribution is -0.624. The second kappa shape index (κ2) is 8.35. The minimum Gasteiger partial charge on any atom is -0.349 e. The first kappa shape index (κ1) is 22.8. The van der Waals surface area contributed by atoms with Crippen molar-refractivity contribution in [1.82, 2.24) is 10.6 Å². The average Bonchev–Trinajstić information content (AvgIpc) is 2.64. The minimum atomic E-state index is -5.00. The summed E-state index contributed by atoms with van der Waals surface area (Å²) in [5.74, 6) is -3.79. The van der Waals surface area contributed by atoms with E-state index in [0.717, 1.165) is 12.1 Å². The highest BCUT2D eigenvalue weighted by molar-refractivity contribution is 6.00. The van der Waals surface area contributed by atoms with Crippen LogP contribution in [-0.2, 0) is 9.59 Å². The van der Waals surface area contributed by atoms with Gasteiger partial charge < -0.3 is 10.6 Å². The van der Waals surface area contributed by atoms with Crippen molar-refractivity contribution in [3.8, 4) is 0 Å². The number of benzene rings is 1. The molecule has 2 amide bonds. The van der Waals surface area contributed by atoms with Gasteiger partial charge in [0, 0.05) is 40.2 Å². The standard InChI is InChI=1S/C20H20F5N3O3/c1-9-3-6-15-18(28(9)31)17(20(23,24)25)13(19(30)27-15)8-16(29)26-10(2)12-5-4-11(21)7-14(12)22/h4-5,7,9-10,15,18H,3,6,8H2,1-2H3,(H-,26,27,29,30)/p+1/t9?,10-,15?,18?/m0/s1. The molecule has 0 bridgehead atoms. The maximum Gasteiger partial charge on any atom is 0.419 e. The number of nitroso groups, excluding NO2 is 1. The summed E-state index contributed by atoms with van der Waals surface area (Å²) in [5.41, 5.74) is -2.23. The Balaban J connectivity index is 1.89. The molecule has 2 aliphatic rings. The van der Waals surface area contributed by atoms with Gasteiger partial charge in [-0.3, -0.25) is 9.59 Å². The number of nitrogens with one attached hydrogen (secondary N) is 2. The molecule has 0 spiro atoms. The van der Waals surface area contributed by atoms with Crippen LogP contribution in [0.1, 0.15) is 44.7 Å². The fraction of sp³-hybridized carbons (Fsp3) is 0.500. The Bertz CT molecular complexity index is 960. The van der Waals surface area contributed by atoms with Crippen molar-refractivity contribution in [1.29, 1.82) is 0 Å². The molecule has 31 heavy (non-hydrogen) atoms. The second-order valence-electron chi connectivity index (χ2n) is 7.83. The molecule has 1 saturated heterocycles. The molecule has 11 heteroatoms. The number of hydrogen-bond donors (Lipinski definition) is 2. The number of piperidine rings is 1. The Morgan fingerprint density at radius 2 is 1.97 bits per heavy atom. The largest absolute Gasteiger partial charge is 0.419 e. The molecule has 6 nitrogen and oxygen atoms in total. The van der Waals surface area contributed by atoms with Gasteiger partial charge in [0.15, 0.2) is 6.04 Å². The zero-order valence-corrected chi connectivity index (χ0v) is 16.7. The van der Waals surface area contributed by atoms with Crippen molar-refractivity contribution in [2.24, 2.45) is 0 Å². The van der Waals surface area contributed by atoms with Crippen molar-refractivity contribution < 1.29 is 36.3 Å². The van der Waals surface area contributed by atoms with Crippen LogP contribution in [0.25, 0.3) is 0 Å². The normalized spacial score (nSPS) is 25.1. The van der Waals surface area contributed by atoms with E-state index in [1.54, 1.807) is 0 Å². The van der Waals surface area contributed by atoms with Crippen LogP contribution in [0.15, 0.2) is 29.3 Å². The van der Waals surface area contributed by atoms with Gasteiger partial charge in [-0.05, 0) is 19.4 Å². The zero-order chi connectivity index (χ0) is 23.1. The number of nitrogens with zero attached hydrogens (tertiary/aromatic N) is 1. The maximum atomic E-state index is 13.9. The SMILES string of the molecule is CC1CCC2NC(=O)C(CC(=O)N[C@@H](C)c3ccc(F)cc3F)=C(C(F)(F)F)C2[N+]1=O. The van der Waals surface area contributed by atoms with Gasteiger partial charge in [-0.15, -0.1) is 0 Å². The van der Waals surface area contributed by atoms with Crippen LogP contribution < -0.4 is 10.6 Å². The van der Waals surface area contributed by atoms with Crippen LogP contribution in [0.3, 0.4) is 0 Å². The Hall–Kier alpha value is -2.85. The first-order chi connectivity index (χ1) is 14.4. The smallest absolute Gasteiger partial charge is 0.349 e. The molecule has 0 aliphatic carbocycles. The van der Waals surface area contributed by atoms with Gasteiger partial charge in [-0.25, -0.2) is 8.78 Å². The molecule has 4 atom stereocenters. The number of rotatable bonds is 4. The first-order valence-electron chi connectivity index (χ1n) is 9.71. The highest BCUT2D eigenvalue weighted by Crippen LogP contribution is 2.40. The van der Waals surface area contributed by atoms with E-state index in [1.165, 1.54) is 13.8 Å². The van der Waals surface area contributed by atoms with Gasteiger partial charge in [0.25, 0.3) is 6.04 Å². The molecular formula is C20H21F5N3O3+. The van der Waals surface area contributed by atoms with E-state index in [2.05, 4.69) is 10.6 Å². The van der Waals surface area contributed by atoms with Crippen LogP contribution in [-0.4, -0.2) is 40.9 Å². The van der Waals surface area contributed by atoms with E-state index in [-0.39, 0.29) is 12.0 Å². The summed E-state index contributed by atoms with van der Waals surface area (Å²) in [4.78, 5) is 37.3. The topological polar surface area (TPSA) is 78.3 Å². The van der Waals surface area contributed by atoms with Gasteiger partial charge in [0.2, 0.25) is 11.8 Å². The van der Waals surface area contributed by atoms with E-state index in [0.29, 0.717) is 17.2 Å². The second-order valence-corrected chi connectivity index (χ2v) is 7.83. The molecule has 3 rings (SSSR count). The third-order valence-corrected chi connectivity index (χ3v) is 5.65. The molecule has 3 unspecified atom stereocenters. The molecule has 168 valence electrons. The van der Waals surface area contributed by atoms with E-state index < -0.39 is 71.4 Å². The number of carbonyl (C=O) groups excluding carboxylic acids is 2. The van der Waals surface area contributed by atoms with E-state index in [9.17, 15) is 36.4 Å². The number of amides is 2. The summed E-state index contributed by atoms with van der Waals surface area (Å²) < 4.78 is 68.9. The Kier molecular flexibility index (Phi) is 6.15. The molecule has 0 saturated carbocycles. The summed E-state index contributed by atoms with van der Waals surface area (Å²) in [6.45, 7) is 2.87. The zero-order valence-electron chi connectivity index (χ0n) is 16.7. The lowest BCUT2D eigenvalue weighted by atomic mass is 9.82. The van der Waals surface area contributed by atoms with Crippen LogP contribution in [0.2, 0.25) is 0 Å². The molecule has 1 aromatic rings. The van der Waals surface area contributed by atoms with Crippen LogP contribution >= 0.6 is 0 Å². The third-order valence-electron chi connectivity index (χ3n) is 5.65. The van der Waals surface area contributed by atoms with Crippen molar-refractivity contribution in [3.63, 3.8) is 0 Å². The van der Waals surface area contributed by atoms with Crippen molar-refractivity contribution in [2.45, 2.75) is 63.5 Å². The van der Waals surface area contributed by atoms with Crippen LogP contribution in [0, 0.1) is 16.5 Å². The lowest BCUT2D eigenvalue weighted by Crippen LogP contribution is -2.60. The van der Waals surface area contributed by atoms with Crippen molar-refractivity contribution >= 4 is 11.8 Å². The lowest BCUT2D eigenvalue weighted by Gasteiger charge is -2.35. The summed E-state index contributed by atoms with van der Waals surface area (Å²) >= 11 is 0. The van der Waals surface area contributed by atoms with Crippen molar-refractivity contribution in [3.05, 3.63) is 51.5 Å². The number of alkyl halides is 3. The predicted molar refractivity (Wildman–Crippen MR) is 98.7 cm³/mol. The number of hydrogen-bond acceptors (Lipinski definition) is 3. The van der Waals surface area contributed by atoms with Crippen LogP contribution in [0.5, 0.6) is 0 Å². The van der Waals surface area contributed by atoms with Gasteiger partial charge in [0.05, 0.1) is 18.5 Å². The molecule has 2 N–H and O–H groups in total. The van der Waals surface area contributed by atoms with E-state index in [1.807, 2.05) is 0 Å². The van der Waals surface area contributed by atoms with E-state index in [4.69, 9.17) is 0 Å². The third kappa shape index (κ3) is 4.59. The Morgan fingerprint density at radius 1 is 1.29 bits per heavy atom. The number of carbonyl (C=O) groups is 2. The fourth-order valence-electron chi connectivity index (χ4n) is 4.09. The number of fused-ring (bicyclic) bond motifs is 1. The highest BCUT2D eigenvalue weighted by Gasteiger charge is 2.58. The molecule has 2 aliphatic heterocycles. The van der Waals surface area contributed by atoms with Gasteiger partial charge in [-0.2, -0.15) is 13.2 Å². The van der Waals surface area contributed by atoms with Crippen molar-refractivity contribution in [2.75, 3.05) is 0 Å². The van der Waals surface area contributed by atoms with Gasteiger partial charge in [-0.1, -0.05) is 6.07 Å². The highest BCUT2D eigenvalue weighted by atomic mass is 19.4. The Morgan fingerprint density at radius 3 is 2.58 bits per heavy atom. The minimum absolute atomic E-state index is 0.0697. The fourth-order valence-corrected chi connectivity index (χ4v) is 4.09. The number of halogens is 5. The molecule has 1 fully saturated rings.